The van der Waals surface area contributed by atoms with Gasteiger partial charge in [-0.1, -0.05) is 0 Å². The number of nitrogens with zero attached hydrogens (tertiary/aromatic N) is 2. The third-order valence-electron chi connectivity index (χ3n) is 4.86. The van der Waals surface area contributed by atoms with E-state index < -0.39 is 5.91 Å². The Labute approximate surface area is 151 Å². The highest BCUT2D eigenvalue weighted by Gasteiger charge is 2.34. The molecular weight excluding hydrogens is 340 g/mol. The van der Waals surface area contributed by atoms with Gasteiger partial charge in [-0.2, -0.15) is 0 Å². The Kier molecular flexibility index (Phi) is 5.10. The van der Waals surface area contributed by atoms with Crippen LogP contribution in [0.1, 0.15) is 33.6 Å². The standard InChI is InChI=1S/C17H24N4O3S/c1-10-11(2)25-16(14(10)15(18)23)19-13(22)9-20-5-7-21(8-6-20)17(24)12-3-4-12/h12H,3-9H2,1-2H3,(H2,18,23)(H,19,22). The zero-order valence-electron chi connectivity index (χ0n) is 14.6. The normalized spacial score (nSPS) is 18.2. The largest absolute Gasteiger partial charge is 0.365 e. The second-order valence-electron chi connectivity index (χ2n) is 6.78. The van der Waals surface area contributed by atoms with Crippen LogP contribution in [0.4, 0.5) is 5.00 Å². The summed E-state index contributed by atoms with van der Waals surface area (Å²) in [7, 11) is 0. The Bertz CT molecular complexity index is 703. The van der Waals surface area contributed by atoms with Gasteiger partial charge in [0, 0.05) is 37.0 Å². The predicted octanol–water partition coefficient (Wildman–Crippen LogP) is 0.957. The van der Waals surface area contributed by atoms with Crippen molar-refractivity contribution in [2.45, 2.75) is 26.7 Å². The minimum Gasteiger partial charge on any atom is -0.365 e. The molecule has 3 N–H and O–H groups in total. The molecule has 2 aliphatic rings. The molecule has 0 unspecified atom stereocenters. The van der Waals surface area contributed by atoms with E-state index in [2.05, 4.69) is 5.32 Å². The Morgan fingerprint density at radius 2 is 1.80 bits per heavy atom. The molecule has 0 bridgehead atoms. The van der Waals surface area contributed by atoms with Crippen LogP contribution in [0.25, 0.3) is 0 Å². The van der Waals surface area contributed by atoms with Crippen molar-refractivity contribution in [3.8, 4) is 0 Å². The van der Waals surface area contributed by atoms with E-state index in [0.717, 1.165) is 23.3 Å². The second kappa shape index (κ2) is 7.13. The molecule has 2 heterocycles. The van der Waals surface area contributed by atoms with Crippen LogP contribution in [0.5, 0.6) is 0 Å². The van der Waals surface area contributed by atoms with E-state index in [9.17, 15) is 14.4 Å². The number of amides is 3. The monoisotopic (exact) mass is 364 g/mol. The van der Waals surface area contributed by atoms with Gasteiger partial charge in [-0.05, 0) is 32.3 Å². The highest BCUT2D eigenvalue weighted by atomic mass is 32.1. The lowest BCUT2D eigenvalue weighted by atomic mass is 10.1. The minimum atomic E-state index is -0.524. The molecule has 1 saturated carbocycles. The molecule has 3 amide bonds. The van der Waals surface area contributed by atoms with Crippen molar-refractivity contribution >= 4 is 34.1 Å². The fourth-order valence-corrected chi connectivity index (χ4v) is 4.18. The molecule has 0 atom stereocenters. The predicted molar refractivity (Wildman–Crippen MR) is 96.7 cm³/mol. The molecule has 0 spiro atoms. The van der Waals surface area contributed by atoms with Crippen LogP contribution < -0.4 is 11.1 Å². The van der Waals surface area contributed by atoms with E-state index in [0.29, 0.717) is 36.7 Å². The smallest absolute Gasteiger partial charge is 0.251 e. The van der Waals surface area contributed by atoms with Crippen LogP contribution in [0.15, 0.2) is 0 Å². The summed E-state index contributed by atoms with van der Waals surface area (Å²) in [6.45, 7) is 6.71. The molecule has 25 heavy (non-hydrogen) atoms. The third kappa shape index (κ3) is 4.01. The number of nitrogens with one attached hydrogen (secondary N) is 1. The molecule has 7 nitrogen and oxygen atoms in total. The van der Waals surface area contributed by atoms with E-state index in [1.165, 1.54) is 11.3 Å². The van der Waals surface area contributed by atoms with Crippen LogP contribution in [0.2, 0.25) is 0 Å². The summed E-state index contributed by atoms with van der Waals surface area (Å²) >= 11 is 1.37. The second-order valence-corrected chi connectivity index (χ2v) is 8.00. The molecule has 2 fully saturated rings. The molecular formula is C17H24N4O3S. The molecule has 8 heteroatoms. The van der Waals surface area contributed by atoms with Crippen molar-refractivity contribution in [2.75, 3.05) is 38.0 Å². The first-order chi connectivity index (χ1) is 11.9. The molecule has 0 radical (unpaired) electrons. The van der Waals surface area contributed by atoms with Crippen LogP contribution in [0, 0.1) is 19.8 Å². The number of anilines is 1. The summed E-state index contributed by atoms with van der Waals surface area (Å²) in [6.07, 6.45) is 2.03. The minimum absolute atomic E-state index is 0.161. The molecule has 1 aliphatic carbocycles. The molecule has 1 aromatic heterocycles. The lowest BCUT2D eigenvalue weighted by molar-refractivity contribution is -0.134. The quantitative estimate of drug-likeness (QED) is 0.813. The van der Waals surface area contributed by atoms with Gasteiger partial charge in [-0.15, -0.1) is 11.3 Å². The number of nitrogens with two attached hydrogens (primary N) is 1. The van der Waals surface area contributed by atoms with Gasteiger partial charge < -0.3 is 16.0 Å². The fourth-order valence-electron chi connectivity index (χ4n) is 3.10. The number of hydrogen-bond acceptors (Lipinski definition) is 5. The lowest BCUT2D eigenvalue weighted by Crippen LogP contribution is -2.50. The molecule has 1 saturated heterocycles. The van der Waals surface area contributed by atoms with Crippen molar-refractivity contribution in [1.29, 1.82) is 0 Å². The van der Waals surface area contributed by atoms with Crippen molar-refractivity contribution in [2.24, 2.45) is 11.7 Å². The van der Waals surface area contributed by atoms with Gasteiger partial charge in [-0.3, -0.25) is 19.3 Å². The van der Waals surface area contributed by atoms with Crippen molar-refractivity contribution in [3.63, 3.8) is 0 Å². The number of carbonyl (C=O) groups excluding carboxylic acids is 3. The first-order valence-electron chi connectivity index (χ1n) is 8.57. The van der Waals surface area contributed by atoms with Crippen LogP contribution >= 0.6 is 11.3 Å². The number of rotatable bonds is 5. The maximum atomic E-state index is 12.3. The zero-order valence-corrected chi connectivity index (χ0v) is 15.4. The summed E-state index contributed by atoms with van der Waals surface area (Å²) in [5, 5.41) is 3.34. The average molecular weight is 364 g/mol. The van der Waals surface area contributed by atoms with E-state index in [4.69, 9.17) is 5.73 Å². The summed E-state index contributed by atoms with van der Waals surface area (Å²) in [5.74, 6) is -0.179. The lowest BCUT2D eigenvalue weighted by Gasteiger charge is -2.34. The van der Waals surface area contributed by atoms with Gasteiger partial charge in [0.2, 0.25) is 11.8 Å². The van der Waals surface area contributed by atoms with E-state index in [1.807, 2.05) is 23.6 Å². The highest BCUT2D eigenvalue weighted by molar-refractivity contribution is 7.16. The van der Waals surface area contributed by atoms with E-state index >= 15 is 0 Å². The summed E-state index contributed by atoms with van der Waals surface area (Å²) in [4.78, 5) is 40.9. The topological polar surface area (TPSA) is 95.7 Å². The first-order valence-corrected chi connectivity index (χ1v) is 9.39. The molecule has 1 aromatic rings. The SMILES string of the molecule is Cc1sc(NC(=O)CN2CCN(C(=O)C3CC3)CC2)c(C(N)=O)c1C. The van der Waals surface area contributed by atoms with E-state index in [1.54, 1.807) is 0 Å². The summed E-state index contributed by atoms with van der Waals surface area (Å²) in [5.41, 5.74) is 6.65. The van der Waals surface area contributed by atoms with Crippen LogP contribution in [0.3, 0.4) is 0 Å². The number of carbonyl (C=O) groups is 3. The van der Waals surface area contributed by atoms with Crippen molar-refractivity contribution in [1.82, 2.24) is 9.80 Å². The third-order valence-corrected chi connectivity index (χ3v) is 5.99. The van der Waals surface area contributed by atoms with Gasteiger partial charge in [-0.25, -0.2) is 0 Å². The average Bonchev–Trinajstić information content (AvgIpc) is 3.35. The Balaban J connectivity index is 1.53. The molecule has 0 aromatic carbocycles. The maximum absolute atomic E-state index is 12.3. The zero-order chi connectivity index (χ0) is 18.1. The number of hydrogen-bond donors (Lipinski definition) is 2. The molecule has 3 rings (SSSR count). The number of piperazine rings is 1. The first kappa shape index (κ1) is 17.9. The number of thiophene rings is 1. The number of primary amides is 1. The van der Waals surface area contributed by atoms with Crippen LogP contribution in [-0.2, 0) is 9.59 Å². The van der Waals surface area contributed by atoms with Gasteiger partial charge in [0.15, 0.2) is 0 Å². The molecule has 136 valence electrons. The Morgan fingerprint density at radius 1 is 1.16 bits per heavy atom. The summed E-state index contributed by atoms with van der Waals surface area (Å²) in [6, 6.07) is 0. The molecule has 1 aliphatic heterocycles. The van der Waals surface area contributed by atoms with Crippen molar-refractivity contribution in [3.05, 3.63) is 16.0 Å². The van der Waals surface area contributed by atoms with Crippen molar-refractivity contribution < 1.29 is 14.4 Å². The van der Waals surface area contributed by atoms with Gasteiger partial charge in [0.05, 0.1) is 12.1 Å². The summed E-state index contributed by atoms with van der Waals surface area (Å²) < 4.78 is 0. The fraction of sp³-hybridized carbons (Fsp3) is 0.588. The van der Waals surface area contributed by atoms with Gasteiger partial charge >= 0.3 is 0 Å². The van der Waals surface area contributed by atoms with E-state index in [-0.39, 0.29) is 24.3 Å². The van der Waals surface area contributed by atoms with Crippen LogP contribution in [-0.4, -0.2) is 60.2 Å². The Hall–Kier alpha value is -1.93. The maximum Gasteiger partial charge on any atom is 0.251 e. The number of aryl methyl sites for hydroxylation is 1. The van der Waals surface area contributed by atoms with Gasteiger partial charge in [0.1, 0.15) is 5.00 Å². The highest BCUT2D eigenvalue weighted by Crippen LogP contribution is 2.32. The van der Waals surface area contributed by atoms with Gasteiger partial charge in [0.25, 0.3) is 5.91 Å². The Morgan fingerprint density at radius 3 is 2.36 bits per heavy atom.